The van der Waals surface area contributed by atoms with Gasteiger partial charge in [-0.1, -0.05) is 48.2 Å². The largest absolute Gasteiger partial charge is 0.325 e. The van der Waals surface area contributed by atoms with Crippen molar-refractivity contribution in [3.8, 4) is 0 Å². The minimum atomic E-state index is -0.370. The number of carbonyl (C=O) groups excluding carboxylic acids is 2. The molecule has 0 atom stereocenters. The van der Waals surface area contributed by atoms with Crippen molar-refractivity contribution in [2.75, 3.05) is 11.1 Å². The number of thioether (sulfide) groups is 1. The number of rotatable bonds is 7. The Labute approximate surface area is 181 Å². The molecule has 3 aromatic carbocycles. The zero-order chi connectivity index (χ0) is 20.9. The molecule has 0 saturated heterocycles. The first-order chi connectivity index (χ1) is 14.6. The van der Waals surface area contributed by atoms with Crippen LogP contribution in [0.25, 0.3) is 10.8 Å². The first kappa shape index (κ1) is 20.3. The van der Waals surface area contributed by atoms with Crippen LogP contribution in [0.1, 0.15) is 16.1 Å². The summed E-state index contributed by atoms with van der Waals surface area (Å²) in [6, 6.07) is 19.2. The summed E-state index contributed by atoms with van der Waals surface area (Å²) in [4.78, 5) is 29.1. The van der Waals surface area contributed by atoms with Gasteiger partial charge in [0.15, 0.2) is 10.1 Å². The minimum absolute atomic E-state index is 0.0922. The maximum Gasteiger partial charge on any atom is 0.230 e. The van der Waals surface area contributed by atoms with Crippen LogP contribution in [0.3, 0.4) is 0 Å². The molecule has 0 unspecified atom stereocenters. The van der Waals surface area contributed by atoms with E-state index in [1.54, 1.807) is 0 Å². The average Bonchev–Trinajstić information content (AvgIpc) is 3.20. The van der Waals surface area contributed by atoms with Gasteiger partial charge in [0, 0.05) is 22.0 Å². The summed E-state index contributed by atoms with van der Waals surface area (Å²) >= 11 is 2.71. The molecule has 30 heavy (non-hydrogen) atoms. The van der Waals surface area contributed by atoms with Crippen molar-refractivity contribution in [2.24, 2.45) is 0 Å². The number of aromatic nitrogens is 1. The van der Waals surface area contributed by atoms with E-state index in [1.807, 2.05) is 47.8 Å². The summed E-state index contributed by atoms with van der Waals surface area (Å²) in [5, 5.41) is 6.83. The Kier molecular flexibility index (Phi) is 6.21. The van der Waals surface area contributed by atoms with Gasteiger partial charge in [-0.3, -0.25) is 9.59 Å². The van der Waals surface area contributed by atoms with Crippen LogP contribution in [0.2, 0.25) is 0 Å². The van der Waals surface area contributed by atoms with Crippen LogP contribution in [0, 0.1) is 5.82 Å². The van der Waals surface area contributed by atoms with Crippen LogP contribution in [0.4, 0.5) is 10.1 Å². The van der Waals surface area contributed by atoms with Crippen LogP contribution in [0.15, 0.2) is 76.4 Å². The molecule has 0 radical (unpaired) electrons. The normalized spacial score (nSPS) is 10.8. The second-order valence-electron chi connectivity index (χ2n) is 6.58. The fraction of sp³-hybridized carbons (Fsp3) is 0.0870. The van der Waals surface area contributed by atoms with Crippen LogP contribution in [-0.2, 0) is 11.2 Å². The average molecular weight is 437 g/mol. The highest BCUT2D eigenvalue weighted by Crippen LogP contribution is 2.25. The summed E-state index contributed by atoms with van der Waals surface area (Å²) in [5.74, 6) is -0.396. The summed E-state index contributed by atoms with van der Waals surface area (Å²) in [7, 11) is 0. The molecule has 0 spiro atoms. The van der Waals surface area contributed by atoms with Gasteiger partial charge in [0.1, 0.15) is 5.82 Å². The third-order valence-electron chi connectivity index (χ3n) is 4.43. The maximum atomic E-state index is 13.0. The number of hydrogen-bond acceptors (Lipinski definition) is 5. The van der Waals surface area contributed by atoms with E-state index >= 15 is 0 Å². The molecule has 0 aliphatic carbocycles. The van der Waals surface area contributed by atoms with Crippen LogP contribution in [0.5, 0.6) is 0 Å². The number of nitrogens with one attached hydrogen (secondary N) is 1. The fourth-order valence-electron chi connectivity index (χ4n) is 2.98. The fourth-order valence-corrected chi connectivity index (χ4v) is 4.71. The number of amides is 1. The molecule has 0 aliphatic heterocycles. The zero-order valence-electron chi connectivity index (χ0n) is 15.8. The van der Waals surface area contributed by atoms with Crippen LogP contribution < -0.4 is 5.32 Å². The van der Waals surface area contributed by atoms with Gasteiger partial charge in [-0.05, 0) is 35.7 Å². The lowest BCUT2D eigenvalue weighted by Crippen LogP contribution is -2.14. The van der Waals surface area contributed by atoms with Crippen LogP contribution in [-0.4, -0.2) is 22.4 Å². The molecule has 4 aromatic rings. The Hall–Kier alpha value is -3.03. The van der Waals surface area contributed by atoms with E-state index in [2.05, 4.69) is 10.3 Å². The molecule has 0 saturated carbocycles. The predicted molar refractivity (Wildman–Crippen MR) is 120 cm³/mol. The maximum absolute atomic E-state index is 13.0. The molecule has 0 bridgehead atoms. The van der Waals surface area contributed by atoms with E-state index in [4.69, 9.17) is 0 Å². The van der Waals surface area contributed by atoms with E-state index in [1.165, 1.54) is 47.4 Å². The van der Waals surface area contributed by atoms with E-state index in [0.29, 0.717) is 11.3 Å². The second-order valence-corrected chi connectivity index (χ2v) is 8.66. The minimum Gasteiger partial charge on any atom is -0.325 e. The first-order valence-electron chi connectivity index (χ1n) is 9.22. The molecule has 150 valence electrons. The van der Waals surface area contributed by atoms with Gasteiger partial charge in [-0.15, -0.1) is 11.3 Å². The van der Waals surface area contributed by atoms with E-state index in [9.17, 15) is 14.0 Å². The number of ketones is 1. The van der Waals surface area contributed by atoms with Crippen molar-refractivity contribution >= 4 is 51.2 Å². The molecule has 0 fully saturated rings. The highest BCUT2D eigenvalue weighted by atomic mass is 32.2. The first-order valence-corrected chi connectivity index (χ1v) is 11.1. The second kappa shape index (κ2) is 9.19. The monoisotopic (exact) mass is 436 g/mol. The number of nitrogens with zero attached hydrogens (tertiary/aromatic N) is 1. The molecule has 7 heteroatoms. The van der Waals surface area contributed by atoms with Gasteiger partial charge < -0.3 is 5.32 Å². The molecule has 1 aromatic heterocycles. The number of carbonyl (C=O) groups is 2. The lowest BCUT2D eigenvalue weighted by molar-refractivity contribution is -0.115. The van der Waals surface area contributed by atoms with Crippen LogP contribution >= 0.6 is 23.1 Å². The predicted octanol–water partition coefficient (Wildman–Crippen LogP) is 5.59. The Morgan fingerprint density at radius 2 is 1.77 bits per heavy atom. The summed E-state index contributed by atoms with van der Waals surface area (Å²) < 4.78 is 13.7. The van der Waals surface area contributed by atoms with Gasteiger partial charge >= 0.3 is 0 Å². The van der Waals surface area contributed by atoms with Crippen molar-refractivity contribution in [1.82, 2.24) is 4.98 Å². The summed E-state index contributed by atoms with van der Waals surface area (Å²) in [5.41, 5.74) is 1.90. The molecule has 1 heterocycles. The topological polar surface area (TPSA) is 59.1 Å². The van der Waals surface area contributed by atoms with Crippen molar-refractivity contribution in [3.63, 3.8) is 0 Å². The quantitative estimate of drug-likeness (QED) is 0.303. The van der Waals surface area contributed by atoms with Gasteiger partial charge in [0.05, 0.1) is 17.9 Å². The lowest BCUT2D eigenvalue weighted by atomic mass is 10.1. The summed E-state index contributed by atoms with van der Waals surface area (Å²) in [6.07, 6.45) is 0.159. The van der Waals surface area contributed by atoms with E-state index in [0.717, 1.165) is 20.8 Å². The molecular weight excluding hydrogens is 419 g/mol. The summed E-state index contributed by atoms with van der Waals surface area (Å²) in [6.45, 7) is 0. The molecule has 1 amide bonds. The van der Waals surface area contributed by atoms with Crippen molar-refractivity contribution in [1.29, 1.82) is 0 Å². The number of fused-ring (bicyclic) bond motifs is 1. The smallest absolute Gasteiger partial charge is 0.230 e. The number of hydrogen-bond donors (Lipinski definition) is 1. The molecule has 4 nitrogen and oxygen atoms in total. The van der Waals surface area contributed by atoms with Gasteiger partial charge in [-0.25, -0.2) is 9.37 Å². The highest BCUT2D eigenvalue weighted by Gasteiger charge is 2.12. The molecule has 1 N–H and O–H groups in total. The highest BCUT2D eigenvalue weighted by molar-refractivity contribution is 8.01. The molecular formula is C23H17FN2O2S2. The number of halogens is 1. The van der Waals surface area contributed by atoms with E-state index < -0.39 is 0 Å². The van der Waals surface area contributed by atoms with E-state index in [-0.39, 0.29) is 29.7 Å². The SMILES string of the molecule is O=C(Cc1csc(SCC(=O)c2ccc(F)cc2)n1)Nc1cccc2ccccc12. The van der Waals surface area contributed by atoms with Gasteiger partial charge in [-0.2, -0.15) is 0 Å². The zero-order valence-corrected chi connectivity index (χ0v) is 17.4. The molecule has 0 aliphatic rings. The van der Waals surface area contributed by atoms with Gasteiger partial charge in [0.2, 0.25) is 5.91 Å². The van der Waals surface area contributed by atoms with Gasteiger partial charge in [0.25, 0.3) is 0 Å². The lowest BCUT2D eigenvalue weighted by Gasteiger charge is -2.08. The Morgan fingerprint density at radius 3 is 2.60 bits per heavy atom. The number of thiazole rings is 1. The van der Waals surface area contributed by atoms with Crippen molar-refractivity contribution in [3.05, 3.63) is 89.2 Å². The number of anilines is 1. The number of Topliss-reactive ketones (excluding diaryl/α,β-unsaturated/α-hetero) is 1. The Morgan fingerprint density at radius 1 is 1.00 bits per heavy atom. The van der Waals surface area contributed by atoms with Crippen molar-refractivity contribution in [2.45, 2.75) is 10.8 Å². The Balaban J connectivity index is 1.34. The third-order valence-corrected chi connectivity index (χ3v) is 6.50. The van der Waals surface area contributed by atoms with Crippen molar-refractivity contribution < 1.29 is 14.0 Å². The standard InChI is InChI=1S/C23H17FN2O2S2/c24-17-10-8-16(9-11-17)21(27)14-30-23-25-18(13-29-23)12-22(28)26-20-7-3-5-15-4-1-2-6-19(15)20/h1-11,13H,12,14H2,(H,26,28). The number of benzene rings is 3. The Bertz CT molecular complexity index is 1200. The molecule has 4 rings (SSSR count). The third kappa shape index (κ3) is 4.93.